The lowest BCUT2D eigenvalue weighted by Gasteiger charge is -2.37. The van der Waals surface area contributed by atoms with Crippen LogP contribution in [0, 0.1) is 5.41 Å². The zero-order valence-electron chi connectivity index (χ0n) is 15.9. The maximum Gasteiger partial charge on any atom is 0.251 e. The van der Waals surface area contributed by atoms with Gasteiger partial charge in [-0.3, -0.25) is 9.59 Å². The van der Waals surface area contributed by atoms with Crippen LogP contribution in [-0.4, -0.2) is 23.5 Å². The van der Waals surface area contributed by atoms with E-state index in [1.165, 1.54) is 6.08 Å². The van der Waals surface area contributed by atoms with Gasteiger partial charge >= 0.3 is 0 Å². The summed E-state index contributed by atoms with van der Waals surface area (Å²) < 4.78 is 0. The fourth-order valence-corrected chi connectivity index (χ4v) is 3.97. The number of hydrogen-bond donors (Lipinski definition) is 3. The van der Waals surface area contributed by atoms with E-state index in [4.69, 9.17) is 0 Å². The molecular formula is C23H26N2O3. The second-order valence-electron chi connectivity index (χ2n) is 7.32. The van der Waals surface area contributed by atoms with Crippen LogP contribution in [0.15, 0.2) is 67.3 Å². The first-order chi connectivity index (χ1) is 13.6. The summed E-state index contributed by atoms with van der Waals surface area (Å²) in [6, 6.07) is 16.3. The minimum Gasteiger partial charge on any atom is -0.396 e. The third-order valence-corrected chi connectivity index (χ3v) is 5.53. The number of amides is 2. The van der Waals surface area contributed by atoms with E-state index in [1.54, 1.807) is 24.3 Å². The minimum absolute atomic E-state index is 0.0410. The van der Waals surface area contributed by atoms with Gasteiger partial charge in [0.15, 0.2) is 0 Å². The molecule has 1 fully saturated rings. The van der Waals surface area contributed by atoms with E-state index in [-0.39, 0.29) is 29.9 Å². The number of nitrogens with one attached hydrogen (secondary N) is 2. The SMILES string of the molecule is C=CC(=O)Nc1ccc(C(=O)NC(c2ccccc2)C2(CO)CCCC2)cc1. The molecule has 2 aromatic rings. The van der Waals surface area contributed by atoms with Crippen LogP contribution >= 0.6 is 0 Å². The van der Waals surface area contributed by atoms with Crippen molar-refractivity contribution in [1.82, 2.24) is 5.32 Å². The molecule has 3 rings (SSSR count). The number of anilines is 1. The quantitative estimate of drug-likeness (QED) is 0.641. The molecule has 1 atom stereocenters. The van der Waals surface area contributed by atoms with Gasteiger partial charge < -0.3 is 15.7 Å². The van der Waals surface area contributed by atoms with Gasteiger partial charge in [0.25, 0.3) is 5.91 Å². The smallest absolute Gasteiger partial charge is 0.251 e. The van der Waals surface area contributed by atoms with E-state index >= 15 is 0 Å². The second kappa shape index (κ2) is 8.85. The average molecular weight is 378 g/mol. The van der Waals surface area contributed by atoms with Crippen molar-refractivity contribution in [2.45, 2.75) is 31.7 Å². The predicted molar refractivity (Wildman–Crippen MR) is 110 cm³/mol. The van der Waals surface area contributed by atoms with Crippen LogP contribution in [0.25, 0.3) is 0 Å². The molecule has 0 aromatic heterocycles. The summed E-state index contributed by atoms with van der Waals surface area (Å²) in [5.41, 5.74) is 1.77. The van der Waals surface area contributed by atoms with Crippen LogP contribution in [-0.2, 0) is 4.79 Å². The highest BCUT2D eigenvalue weighted by atomic mass is 16.3. The zero-order chi connectivity index (χ0) is 20.0. The van der Waals surface area contributed by atoms with Crippen LogP contribution < -0.4 is 10.6 Å². The summed E-state index contributed by atoms with van der Waals surface area (Å²) in [5.74, 6) is -0.498. The Bertz CT molecular complexity index is 825. The summed E-state index contributed by atoms with van der Waals surface area (Å²) in [4.78, 5) is 24.3. The Balaban J connectivity index is 1.81. The number of carbonyl (C=O) groups excluding carboxylic acids is 2. The lowest BCUT2D eigenvalue weighted by Crippen LogP contribution is -2.42. The third kappa shape index (κ3) is 4.31. The van der Waals surface area contributed by atoms with Gasteiger partial charge in [-0.25, -0.2) is 0 Å². The van der Waals surface area contributed by atoms with E-state index in [1.807, 2.05) is 30.3 Å². The highest BCUT2D eigenvalue weighted by molar-refractivity contribution is 5.99. The van der Waals surface area contributed by atoms with Gasteiger partial charge in [0.05, 0.1) is 12.6 Å². The predicted octanol–water partition coefficient (Wildman–Crippen LogP) is 3.83. The normalized spacial score (nSPS) is 16.2. The third-order valence-electron chi connectivity index (χ3n) is 5.53. The van der Waals surface area contributed by atoms with Crippen molar-refractivity contribution in [1.29, 1.82) is 0 Å². The van der Waals surface area contributed by atoms with Gasteiger partial charge in [-0.1, -0.05) is 49.8 Å². The van der Waals surface area contributed by atoms with Crippen LogP contribution in [0.1, 0.15) is 47.6 Å². The number of hydrogen-bond acceptors (Lipinski definition) is 3. The van der Waals surface area contributed by atoms with Gasteiger partial charge in [-0.2, -0.15) is 0 Å². The molecule has 3 N–H and O–H groups in total. The van der Waals surface area contributed by atoms with Gasteiger partial charge in [-0.05, 0) is 48.7 Å². The van der Waals surface area contributed by atoms with Gasteiger partial charge in [0.1, 0.15) is 0 Å². The standard InChI is InChI=1S/C23H26N2O3/c1-2-20(27)24-19-12-10-18(11-13-19)22(28)25-21(17-8-4-3-5-9-17)23(16-26)14-6-7-15-23/h2-5,8-13,21,26H,1,6-7,14-16H2,(H,24,27)(H,25,28). The van der Waals surface area contributed by atoms with Crippen LogP contribution in [0.4, 0.5) is 5.69 Å². The number of rotatable bonds is 7. The number of benzene rings is 2. The molecule has 5 nitrogen and oxygen atoms in total. The molecule has 0 aliphatic heterocycles. The number of aliphatic hydroxyl groups is 1. The molecule has 5 heteroatoms. The summed E-state index contributed by atoms with van der Waals surface area (Å²) in [7, 11) is 0. The largest absolute Gasteiger partial charge is 0.396 e. The van der Waals surface area contributed by atoms with Crippen LogP contribution in [0.2, 0.25) is 0 Å². The van der Waals surface area contributed by atoms with Crippen molar-refractivity contribution >= 4 is 17.5 Å². The fourth-order valence-electron chi connectivity index (χ4n) is 3.97. The van der Waals surface area contributed by atoms with Crippen LogP contribution in [0.5, 0.6) is 0 Å². The first kappa shape index (κ1) is 19.8. The van der Waals surface area contributed by atoms with Crippen molar-refractivity contribution in [3.63, 3.8) is 0 Å². The molecule has 1 aliphatic rings. The molecule has 0 heterocycles. The van der Waals surface area contributed by atoms with E-state index in [0.29, 0.717) is 11.3 Å². The Kier molecular flexibility index (Phi) is 6.26. The monoisotopic (exact) mass is 378 g/mol. The molecule has 0 radical (unpaired) electrons. The molecule has 1 saturated carbocycles. The summed E-state index contributed by atoms with van der Waals surface area (Å²) in [6.45, 7) is 3.46. The molecule has 28 heavy (non-hydrogen) atoms. The van der Waals surface area contributed by atoms with Crippen molar-refractivity contribution < 1.29 is 14.7 Å². The van der Waals surface area contributed by atoms with Crippen LogP contribution in [0.3, 0.4) is 0 Å². The Morgan fingerprint density at radius 3 is 2.29 bits per heavy atom. The molecule has 2 aromatic carbocycles. The molecular weight excluding hydrogens is 352 g/mol. The Morgan fingerprint density at radius 1 is 1.07 bits per heavy atom. The molecule has 0 bridgehead atoms. The van der Waals surface area contributed by atoms with E-state index in [2.05, 4.69) is 17.2 Å². The highest BCUT2D eigenvalue weighted by Crippen LogP contribution is 2.47. The minimum atomic E-state index is -0.338. The molecule has 1 aliphatic carbocycles. The topological polar surface area (TPSA) is 78.4 Å². The number of aliphatic hydroxyl groups excluding tert-OH is 1. The Morgan fingerprint density at radius 2 is 1.71 bits per heavy atom. The maximum absolute atomic E-state index is 12.9. The van der Waals surface area contributed by atoms with Crippen molar-refractivity contribution in [3.05, 3.63) is 78.4 Å². The lowest BCUT2D eigenvalue weighted by atomic mass is 9.76. The summed E-state index contributed by atoms with van der Waals surface area (Å²) in [5, 5.41) is 16.0. The van der Waals surface area contributed by atoms with E-state index in [0.717, 1.165) is 31.2 Å². The van der Waals surface area contributed by atoms with E-state index < -0.39 is 0 Å². The second-order valence-corrected chi connectivity index (χ2v) is 7.32. The molecule has 146 valence electrons. The van der Waals surface area contributed by atoms with Gasteiger partial charge in [0, 0.05) is 16.7 Å². The van der Waals surface area contributed by atoms with Gasteiger partial charge in [0.2, 0.25) is 5.91 Å². The summed E-state index contributed by atoms with van der Waals surface area (Å²) >= 11 is 0. The first-order valence-electron chi connectivity index (χ1n) is 9.58. The van der Waals surface area contributed by atoms with E-state index in [9.17, 15) is 14.7 Å². The molecule has 0 saturated heterocycles. The first-order valence-corrected chi connectivity index (χ1v) is 9.58. The molecule has 2 amide bonds. The summed E-state index contributed by atoms with van der Waals surface area (Å²) in [6.07, 6.45) is 5.07. The van der Waals surface area contributed by atoms with Crippen molar-refractivity contribution in [2.75, 3.05) is 11.9 Å². The molecule has 0 spiro atoms. The lowest BCUT2D eigenvalue weighted by molar-refractivity contribution is -0.111. The zero-order valence-corrected chi connectivity index (χ0v) is 15.9. The molecule has 1 unspecified atom stereocenters. The van der Waals surface area contributed by atoms with Crippen molar-refractivity contribution in [3.8, 4) is 0 Å². The fraction of sp³-hybridized carbons (Fsp3) is 0.304. The highest BCUT2D eigenvalue weighted by Gasteiger charge is 2.42. The Hall–Kier alpha value is -2.92. The number of carbonyl (C=O) groups is 2. The average Bonchev–Trinajstić information content (AvgIpc) is 3.23. The van der Waals surface area contributed by atoms with Gasteiger partial charge in [-0.15, -0.1) is 0 Å². The maximum atomic E-state index is 12.9. The van der Waals surface area contributed by atoms with Crippen molar-refractivity contribution in [2.24, 2.45) is 5.41 Å². The Labute approximate surface area is 165 Å².